The van der Waals surface area contributed by atoms with Crippen molar-refractivity contribution in [3.8, 4) is 11.4 Å². The first kappa shape index (κ1) is 21.8. The van der Waals surface area contributed by atoms with Gasteiger partial charge in [0.1, 0.15) is 12.2 Å². The fraction of sp³-hybridized carbons (Fsp3) is 0.571. The highest BCUT2D eigenvalue weighted by molar-refractivity contribution is 7.90. The Bertz CT molecular complexity index is 1020. The topological polar surface area (TPSA) is 112 Å². The highest BCUT2D eigenvalue weighted by Gasteiger charge is 2.37. The molecule has 9 nitrogen and oxygen atoms in total. The molecule has 10 heteroatoms. The summed E-state index contributed by atoms with van der Waals surface area (Å²) in [7, 11) is -3.25. The fourth-order valence-electron chi connectivity index (χ4n) is 3.73. The quantitative estimate of drug-likeness (QED) is 0.661. The van der Waals surface area contributed by atoms with Crippen molar-refractivity contribution in [2.45, 2.75) is 62.2 Å². The summed E-state index contributed by atoms with van der Waals surface area (Å²) < 4.78 is 39.9. The van der Waals surface area contributed by atoms with Crippen molar-refractivity contribution < 1.29 is 27.2 Å². The molecule has 0 N–H and O–H groups in total. The highest BCUT2D eigenvalue weighted by Crippen LogP contribution is 2.35. The molecule has 1 aromatic carbocycles. The molecule has 1 aliphatic carbocycles. The van der Waals surface area contributed by atoms with Crippen LogP contribution in [0.5, 0.6) is 0 Å². The Hall–Kier alpha value is -2.46. The summed E-state index contributed by atoms with van der Waals surface area (Å²) in [6, 6.07) is 6.32. The van der Waals surface area contributed by atoms with Gasteiger partial charge in [0.2, 0.25) is 5.82 Å². The van der Waals surface area contributed by atoms with Crippen molar-refractivity contribution in [3.63, 3.8) is 0 Å². The molecule has 0 atom stereocenters. The van der Waals surface area contributed by atoms with Crippen LogP contribution in [0, 0.1) is 0 Å². The smallest absolute Gasteiger partial charge is 0.410 e. The highest BCUT2D eigenvalue weighted by atomic mass is 32.2. The largest absolute Gasteiger partial charge is 0.443 e. The number of sulfone groups is 1. The zero-order valence-electron chi connectivity index (χ0n) is 17.7. The molecular weight excluding hydrogens is 422 g/mol. The molecular formula is C21H27N3O6S. The summed E-state index contributed by atoms with van der Waals surface area (Å²) >= 11 is 0. The molecule has 2 aromatic rings. The number of ether oxygens (including phenoxy) is 2. The number of carbonyl (C=O) groups excluding carboxylic acids is 1. The monoisotopic (exact) mass is 449 g/mol. The fourth-order valence-corrected chi connectivity index (χ4v) is 4.36. The molecule has 2 fully saturated rings. The Labute approximate surface area is 181 Å². The van der Waals surface area contributed by atoms with E-state index in [-0.39, 0.29) is 29.3 Å². The zero-order chi connectivity index (χ0) is 22.1. The lowest BCUT2D eigenvalue weighted by Crippen LogP contribution is -2.46. The van der Waals surface area contributed by atoms with E-state index in [1.54, 1.807) is 17.0 Å². The summed E-state index contributed by atoms with van der Waals surface area (Å²) in [5.41, 5.74) is 0.375. The van der Waals surface area contributed by atoms with Crippen LogP contribution in [0.2, 0.25) is 0 Å². The Kier molecular flexibility index (Phi) is 6.02. The molecule has 2 aliphatic rings. The molecule has 0 spiro atoms. The second-order valence-corrected chi connectivity index (χ2v) is 10.5. The molecule has 168 valence electrons. The Morgan fingerprint density at radius 3 is 2.48 bits per heavy atom. The van der Waals surface area contributed by atoms with Gasteiger partial charge in [-0.1, -0.05) is 5.16 Å². The van der Waals surface area contributed by atoms with Crippen molar-refractivity contribution in [3.05, 3.63) is 30.2 Å². The van der Waals surface area contributed by atoms with Crippen molar-refractivity contribution >= 4 is 15.9 Å². The Morgan fingerprint density at radius 2 is 1.90 bits per heavy atom. The van der Waals surface area contributed by atoms with Crippen LogP contribution in [-0.4, -0.2) is 60.6 Å². The Morgan fingerprint density at radius 1 is 1.23 bits per heavy atom. The second kappa shape index (κ2) is 8.58. The van der Waals surface area contributed by atoms with Gasteiger partial charge in [-0.2, -0.15) is 4.98 Å². The maximum absolute atomic E-state index is 12.3. The average molecular weight is 450 g/mol. The number of likely N-dealkylation sites (tertiary alicyclic amines) is 1. The van der Waals surface area contributed by atoms with Crippen molar-refractivity contribution in [2.75, 3.05) is 19.3 Å². The lowest BCUT2D eigenvalue weighted by atomic mass is 9.82. The third-order valence-corrected chi connectivity index (χ3v) is 7.02. The standard InChI is InChI=1S/C21H27N3O6S/c1-21(10-3-11-21)29-20(25)24-12-8-16(9-13-24)28-14-18-22-19(23-30-18)15-4-6-17(7-5-15)31(2,26)27/h4-7,16H,3,8-14H2,1-2H3. The SMILES string of the molecule is CC1(OC(=O)N2CCC(OCc3nc(-c4ccc(S(C)(=O)=O)cc4)no3)CC2)CCC1. The van der Waals surface area contributed by atoms with E-state index < -0.39 is 9.84 Å². The zero-order valence-corrected chi connectivity index (χ0v) is 18.6. The number of carbonyl (C=O) groups is 1. The molecule has 31 heavy (non-hydrogen) atoms. The van der Waals surface area contributed by atoms with Crippen LogP contribution >= 0.6 is 0 Å². The van der Waals surface area contributed by atoms with Crippen molar-refractivity contribution in [2.24, 2.45) is 0 Å². The predicted octanol–water partition coefficient (Wildman–Crippen LogP) is 3.20. The van der Waals surface area contributed by atoms with E-state index in [4.69, 9.17) is 14.0 Å². The minimum Gasteiger partial charge on any atom is -0.443 e. The molecule has 1 aliphatic heterocycles. The van der Waals surface area contributed by atoms with Gasteiger partial charge in [-0.05, 0) is 63.3 Å². The van der Waals surface area contributed by atoms with Crippen LogP contribution in [0.15, 0.2) is 33.7 Å². The average Bonchev–Trinajstić information content (AvgIpc) is 3.20. The molecule has 2 heterocycles. The molecule has 0 bridgehead atoms. The summed E-state index contributed by atoms with van der Waals surface area (Å²) in [5.74, 6) is 0.725. The van der Waals surface area contributed by atoms with E-state index in [9.17, 15) is 13.2 Å². The third-order valence-electron chi connectivity index (χ3n) is 5.90. The lowest BCUT2D eigenvalue weighted by molar-refractivity contribution is -0.0589. The number of rotatable bonds is 6. The number of hydrogen-bond acceptors (Lipinski definition) is 8. The minimum absolute atomic E-state index is 0.00716. The predicted molar refractivity (Wildman–Crippen MR) is 111 cm³/mol. The molecule has 1 aromatic heterocycles. The minimum atomic E-state index is -3.25. The van der Waals surface area contributed by atoms with Gasteiger partial charge >= 0.3 is 6.09 Å². The second-order valence-electron chi connectivity index (χ2n) is 8.48. The van der Waals surface area contributed by atoms with Gasteiger partial charge in [-0.15, -0.1) is 0 Å². The summed E-state index contributed by atoms with van der Waals surface area (Å²) in [5, 5.41) is 3.94. The van der Waals surface area contributed by atoms with Gasteiger partial charge in [-0.3, -0.25) is 0 Å². The summed E-state index contributed by atoms with van der Waals surface area (Å²) in [6.45, 7) is 3.37. The first-order valence-corrected chi connectivity index (χ1v) is 12.3. The van der Waals surface area contributed by atoms with Crippen molar-refractivity contribution in [1.82, 2.24) is 15.0 Å². The van der Waals surface area contributed by atoms with E-state index in [1.807, 2.05) is 6.92 Å². The van der Waals surface area contributed by atoms with Crippen molar-refractivity contribution in [1.29, 1.82) is 0 Å². The maximum Gasteiger partial charge on any atom is 0.410 e. The van der Waals surface area contributed by atoms with Gasteiger partial charge in [0.05, 0.1) is 11.0 Å². The van der Waals surface area contributed by atoms with Gasteiger partial charge in [0.25, 0.3) is 5.89 Å². The maximum atomic E-state index is 12.3. The molecule has 4 rings (SSSR count). The van der Waals surface area contributed by atoms with Crippen LogP contribution < -0.4 is 0 Å². The van der Waals surface area contributed by atoms with E-state index >= 15 is 0 Å². The molecule has 1 saturated heterocycles. The van der Waals surface area contributed by atoms with Gasteiger partial charge in [0, 0.05) is 24.9 Å². The third kappa shape index (κ3) is 5.24. The summed E-state index contributed by atoms with van der Waals surface area (Å²) in [4.78, 5) is 18.6. The number of nitrogens with zero attached hydrogens (tertiary/aromatic N) is 3. The number of piperidine rings is 1. The normalized spacial score (nSPS) is 19.1. The number of benzene rings is 1. The summed E-state index contributed by atoms with van der Waals surface area (Å²) in [6.07, 6.45) is 5.37. The van der Waals surface area contributed by atoms with E-state index in [1.165, 1.54) is 12.1 Å². The molecule has 0 unspecified atom stereocenters. The van der Waals surface area contributed by atoms with Crippen LogP contribution in [0.4, 0.5) is 4.79 Å². The van der Waals surface area contributed by atoms with Gasteiger partial charge in [-0.25, -0.2) is 13.2 Å². The number of amides is 1. The first-order chi connectivity index (χ1) is 14.7. The van der Waals surface area contributed by atoms with Gasteiger partial charge < -0.3 is 18.9 Å². The van der Waals surface area contributed by atoms with Gasteiger partial charge in [0.15, 0.2) is 9.84 Å². The molecule has 0 radical (unpaired) electrons. The van der Waals surface area contributed by atoms with E-state index in [2.05, 4.69) is 10.1 Å². The van der Waals surface area contributed by atoms with Crippen LogP contribution in [0.3, 0.4) is 0 Å². The van der Waals surface area contributed by atoms with E-state index in [0.717, 1.165) is 38.4 Å². The number of aromatic nitrogens is 2. The van der Waals surface area contributed by atoms with Crippen LogP contribution in [0.1, 0.15) is 44.9 Å². The molecule has 1 amide bonds. The molecule has 1 saturated carbocycles. The number of hydrogen-bond donors (Lipinski definition) is 0. The first-order valence-electron chi connectivity index (χ1n) is 10.4. The lowest BCUT2D eigenvalue weighted by Gasteiger charge is -2.40. The van der Waals surface area contributed by atoms with Crippen LogP contribution in [-0.2, 0) is 25.9 Å². The van der Waals surface area contributed by atoms with E-state index in [0.29, 0.717) is 30.4 Å². The Balaban J connectivity index is 1.24. The van der Waals surface area contributed by atoms with Crippen LogP contribution in [0.25, 0.3) is 11.4 Å².